The number of hydrogen-bond acceptors (Lipinski definition) is 3. The van der Waals surface area contributed by atoms with Crippen LogP contribution in [0.15, 0.2) is 24.3 Å². The largest absolute Gasteiger partial charge is 0.349 e. The third-order valence-electron chi connectivity index (χ3n) is 4.09. The Morgan fingerprint density at radius 3 is 2.50 bits per heavy atom. The Balaban J connectivity index is 1.97. The maximum Gasteiger partial charge on any atom is 0.227 e. The molecule has 0 bridgehead atoms. The molecule has 2 unspecified atom stereocenters. The van der Waals surface area contributed by atoms with Gasteiger partial charge < -0.3 is 15.5 Å². The van der Waals surface area contributed by atoms with E-state index in [1.54, 1.807) is 0 Å². The molecule has 22 heavy (non-hydrogen) atoms. The van der Waals surface area contributed by atoms with Crippen LogP contribution in [-0.2, 0) is 9.59 Å². The predicted octanol–water partition coefficient (Wildman–Crippen LogP) is 1.85. The minimum Gasteiger partial charge on any atom is -0.349 e. The number of carbonyl (C=O) groups is 2. The third kappa shape index (κ3) is 3.85. The number of carbonyl (C=O) groups excluding carboxylic acids is 2. The summed E-state index contributed by atoms with van der Waals surface area (Å²) in [5.74, 6) is 0.171. The van der Waals surface area contributed by atoms with Crippen molar-refractivity contribution in [3.8, 4) is 0 Å². The summed E-state index contributed by atoms with van der Waals surface area (Å²) >= 11 is 0. The Labute approximate surface area is 132 Å². The number of benzene rings is 1. The Morgan fingerprint density at radius 2 is 1.95 bits per heavy atom. The van der Waals surface area contributed by atoms with Crippen LogP contribution in [0.1, 0.15) is 38.3 Å². The van der Waals surface area contributed by atoms with Crippen molar-refractivity contribution in [1.29, 1.82) is 0 Å². The van der Waals surface area contributed by atoms with Crippen LogP contribution >= 0.6 is 0 Å². The summed E-state index contributed by atoms with van der Waals surface area (Å²) in [6.45, 7) is 5.33. The Morgan fingerprint density at radius 1 is 1.27 bits per heavy atom. The van der Waals surface area contributed by atoms with Crippen LogP contribution in [0.4, 0.5) is 5.69 Å². The van der Waals surface area contributed by atoms with Crippen molar-refractivity contribution in [2.24, 2.45) is 5.92 Å². The van der Waals surface area contributed by atoms with Gasteiger partial charge in [-0.2, -0.15) is 0 Å². The van der Waals surface area contributed by atoms with Crippen molar-refractivity contribution in [3.05, 3.63) is 29.8 Å². The van der Waals surface area contributed by atoms with Crippen molar-refractivity contribution in [2.45, 2.75) is 32.7 Å². The molecule has 0 aliphatic carbocycles. The molecule has 2 rings (SSSR count). The molecule has 5 heteroatoms. The van der Waals surface area contributed by atoms with Gasteiger partial charge in [-0.25, -0.2) is 0 Å². The summed E-state index contributed by atoms with van der Waals surface area (Å²) in [5, 5.41) is 6.03. The maximum absolute atomic E-state index is 12.0. The molecule has 5 nitrogen and oxygen atoms in total. The zero-order valence-electron chi connectivity index (χ0n) is 13.6. The SMILES string of the molecule is CNCC(C)C(=O)NC(C)c1ccc(N2CCCC2=O)cc1. The number of amides is 2. The molecule has 0 radical (unpaired) electrons. The van der Waals surface area contributed by atoms with E-state index in [0.717, 1.165) is 24.2 Å². The first-order valence-electron chi connectivity index (χ1n) is 7.88. The van der Waals surface area contributed by atoms with Crippen LogP contribution in [0.5, 0.6) is 0 Å². The van der Waals surface area contributed by atoms with Crippen molar-refractivity contribution in [1.82, 2.24) is 10.6 Å². The first-order chi connectivity index (χ1) is 10.5. The van der Waals surface area contributed by atoms with Gasteiger partial charge in [0.1, 0.15) is 0 Å². The van der Waals surface area contributed by atoms with E-state index >= 15 is 0 Å². The zero-order valence-corrected chi connectivity index (χ0v) is 13.6. The van der Waals surface area contributed by atoms with Crippen molar-refractivity contribution < 1.29 is 9.59 Å². The van der Waals surface area contributed by atoms with E-state index in [-0.39, 0.29) is 23.8 Å². The highest BCUT2D eigenvalue weighted by Gasteiger charge is 2.22. The summed E-state index contributed by atoms with van der Waals surface area (Å²) < 4.78 is 0. The van der Waals surface area contributed by atoms with Crippen molar-refractivity contribution in [2.75, 3.05) is 25.0 Å². The molecule has 120 valence electrons. The van der Waals surface area contributed by atoms with Gasteiger partial charge in [0.2, 0.25) is 11.8 Å². The third-order valence-corrected chi connectivity index (χ3v) is 4.09. The van der Waals surface area contributed by atoms with E-state index in [2.05, 4.69) is 10.6 Å². The molecule has 1 aliphatic heterocycles. The molecule has 2 amide bonds. The highest BCUT2D eigenvalue weighted by molar-refractivity contribution is 5.95. The summed E-state index contributed by atoms with van der Waals surface area (Å²) in [6.07, 6.45) is 1.56. The van der Waals surface area contributed by atoms with Crippen LogP contribution < -0.4 is 15.5 Å². The van der Waals surface area contributed by atoms with E-state index in [4.69, 9.17) is 0 Å². The Bertz CT molecular complexity index is 527. The lowest BCUT2D eigenvalue weighted by Crippen LogP contribution is -2.35. The lowest BCUT2D eigenvalue weighted by molar-refractivity contribution is -0.125. The van der Waals surface area contributed by atoms with Gasteiger partial charge in [-0.15, -0.1) is 0 Å². The van der Waals surface area contributed by atoms with Gasteiger partial charge in [-0.05, 0) is 38.1 Å². The number of rotatable bonds is 6. The molecule has 2 N–H and O–H groups in total. The first kappa shape index (κ1) is 16.5. The summed E-state index contributed by atoms with van der Waals surface area (Å²) in [4.78, 5) is 25.6. The molecule has 1 aromatic carbocycles. The van der Waals surface area contributed by atoms with Crippen LogP contribution in [-0.4, -0.2) is 32.0 Å². The molecule has 2 atom stereocenters. The van der Waals surface area contributed by atoms with E-state index in [9.17, 15) is 9.59 Å². The average molecular weight is 303 g/mol. The van der Waals surface area contributed by atoms with Crippen molar-refractivity contribution in [3.63, 3.8) is 0 Å². The topological polar surface area (TPSA) is 61.4 Å². The second kappa shape index (κ2) is 7.40. The number of hydrogen-bond donors (Lipinski definition) is 2. The molecule has 1 fully saturated rings. The number of nitrogens with zero attached hydrogens (tertiary/aromatic N) is 1. The lowest BCUT2D eigenvalue weighted by Gasteiger charge is -2.20. The molecular formula is C17H25N3O2. The van der Waals surface area contributed by atoms with Gasteiger partial charge in [-0.3, -0.25) is 9.59 Å². The van der Waals surface area contributed by atoms with E-state index in [1.165, 1.54) is 0 Å². The van der Waals surface area contributed by atoms with Crippen LogP contribution in [0.25, 0.3) is 0 Å². The maximum atomic E-state index is 12.0. The smallest absolute Gasteiger partial charge is 0.227 e. The lowest BCUT2D eigenvalue weighted by atomic mass is 10.1. The fourth-order valence-electron chi connectivity index (χ4n) is 2.70. The second-order valence-electron chi connectivity index (χ2n) is 5.93. The second-order valence-corrected chi connectivity index (χ2v) is 5.93. The standard InChI is InChI=1S/C17H25N3O2/c1-12(11-18-3)17(22)19-13(2)14-6-8-15(9-7-14)20-10-4-5-16(20)21/h6-9,12-13,18H,4-5,10-11H2,1-3H3,(H,19,22). The normalized spacial score (nSPS) is 17.4. The fraction of sp³-hybridized carbons (Fsp3) is 0.529. The van der Waals surface area contributed by atoms with E-state index in [1.807, 2.05) is 50.1 Å². The number of anilines is 1. The van der Waals surface area contributed by atoms with Crippen molar-refractivity contribution >= 4 is 17.5 Å². The number of nitrogens with one attached hydrogen (secondary N) is 2. The first-order valence-corrected chi connectivity index (χ1v) is 7.88. The summed E-state index contributed by atoms with van der Waals surface area (Å²) in [5.41, 5.74) is 1.98. The summed E-state index contributed by atoms with van der Waals surface area (Å²) in [6, 6.07) is 7.83. The van der Waals surface area contributed by atoms with Gasteiger partial charge >= 0.3 is 0 Å². The molecular weight excluding hydrogens is 278 g/mol. The molecule has 0 saturated carbocycles. The monoisotopic (exact) mass is 303 g/mol. The summed E-state index contributed by atoms with van der Waals surface area (Å²) in [7, 11) is 1.84. The van der Waals surface area contributed by atoms with Gasteiger partial charge in [0, 0.05) is 31.1 Å². The van der Waals surface area contributed by atoms with Gasteiger partial charge in [0.05, 0.1) is 6.04 Å². The van der Waals surface area contributed by atoms with E-state index in [0.29, 0.717) is 13.0 Å². The van der Waals surface area contributed by atoms with Gasteiger partial charge in [-0.1, -0.05) is 19.1 Å². The predicted molar refractivity (Wildman–Crippen MR) is 87.7 cm³/mol. The minimum atomic E-state index is -0.0612. The molecule has 0 aromatic heterocycles. The Kier molecular flexibility index (Phi) is 5.55. The highest BCUT2D eigenvalue weighted by atomic mass is 16.2. The zero-order chi connectivity index (χ0) is 16.1. The minimum absolute atomic E-state index is 0.0423. The van der Waals surface area contributed by atoms with Crippen LogP contribution in [0.2, 0.25) is 0 Å². The van der Waals surface area contributed by atoms with Crippen LogP contribution in [0, 0.1) is 5.92 Å². The van der Waals surface area contributed by atoms with E-state index < -0.39 is 0 Å². The highest BCUT2D eigenvalue weighted by Crippen LogP contribution is 2.23. The fourth-order valence-corrected chi connectivity index (χ4v) is 2.70. The Hall–Kier alpha value is -1.88. The molecule has 1 saturated heterocycles. The average Bonchev–Trinajstić information content (AvgIpc) is 2.93. The molecule has 1 heterocycles. The van der Waals surface area contributed by atoms with Crippen LogP contribution in [0.3, 0.4) is 0 Å². The van der Waals surface area contributed by atoms with Gasteiger partial charge in [0.25, 0.3) is 0 Å². The molecule has 0 spiro atoms. The molecule has 1 aliphatic rings. The molecule has 1 aromatic rings. The van der Waals surface area contributed by atoms with Gasteiger partial charge in [0.15, 0.2) is 0 Å². The quantitative estimate of drug-likeness (QED) is 0.843.